The first-order valence-corrected chi connectivity index (χ1v) is 9.67. The van der Waals surface area contributed by atoms with E-state index in [4.69, 9.17) is 4.74 Å². The number of nitrogens with zero attached hydrogens (tertiary/aromatic N) is 2. The second-order valence-electron chi connectivity index (χ2n) is 6.71. The van der Waals surface area contributed by atoms with Crippen molar-refractivity contribution >= 4 is 21.6 Å². The van der Waals surface area contributed by atoms with Crippen LogP contribution >= 0.6 is 11.3 Å². The molecule has 0 N–H and O–H groups in total. The average molecular weight is 394 g/mol. The summed E-state index contributed by atoms with van der Waals surface area (Å²) < 4.78 is 20.4. The predicted molar refractivity (Wildman–Crippen MR) is 111 cm³/mol. The standard InChI is InChI=1S/C22H19FN2O2S/c1-13-9-16(7-8-18(13)27-3)19-14(2)28-21-20(19)22(26)25(12-24-21)11-15-5-4-6-17(23)10-15/h4-10,12H,11H2,1-3H3. The van der Waals surface area contributed by atoms with Crippen molar-refractivity contribution in [3.63, 3.8) is 0 Å². The molecular weight excluding hydrogens is 375 g/mol. The Hall–Kier alpha value is -2.99. The van der Waals surface area contributed by atoms with Gasteiger partial charge in [0.05, 0.1) is 25.4 Å². The van der Waals surface area contributed by atoms with E-state index in [9.17, 15) is 9.18 Å². The second-order valence-corrected chi connectivity index (χ2v) is 7.91. The third-order valence-electron chi connectivity index (χ3n) is 4.78. The van der Waals surface area contributed by atoms with E-state index in [2.05, 4.69) is 4.98 Å². The van der Waals surface area contributed by atoms with Gasteiger partial charge in [-0.3, -0.25) is 9.36 Å². The van der Waals surface area contributed by atoms with E-state index < -0.39 is 0 Å². The van der Waals surface area contributed by atoms with Gasteiger partial charge in [0, 0.05) is 10.4 Å². The molecule has 2 aromatic carbocycles. The maximum atomic E-state index is 13.5. The first-order chi connectivity index (χ1) is 13.5. The molecule has 2 aromatic heterocycles. The van der Waals surface area contributed by atoms with Crippen LogP contribution < -0.4 is 10.3 Å². The Morgan fingerprint density at radius 3 is 2.71 bits per heavy atom. The molecule has 0 saturated carbocycles. The Morgan fingerprint density at radius 2 is 2.00 bits per heavy atom. The maximum absolute atomic E-state index is 13.5. The molecule has 0 fully saturated rings. The smallest absolute Gasteiger partial charge is 0.263 e. The maximum Gasteiger partial charge on any atom is 0.263 e. The van der Waals surface area contributed by atoms with E-state index in [1.54, 1.807) is 19.2 Å². The van der Waals surface area contributed by atoms with Crippen LogP contribution in [0.4, 0.5) is 4.39 Å². The van der Waals surface area contributed by atoms with Gasteiger partial charge in [-0.25, -0.2) is 9.37 Å². The lowest BCUT2D eigenvalue weighted by Gasteiger charge is -2.09. The van der Waals surface area contributed by atoms with Gasteiger partial charge in [-0.2, -0.15) is 0 Å². The van der Waals surface area contributed by atoms with Gasteiger partial charge >= 0.3 is 0 Å². The number of rotatable bonds is 4. The largest absolute Gasteiger partial charge is 0.496 e. The van der Waals surface area contributed by atoms with Crippen LogP contribution in [-0.2, 0) is 6.54 Å². The van der Waals surface area contributed by atoms with Gasteiger partial charge in [0.15, 0.2) is 0 Å². The predicted octanol–water partition coefficient (Wildman–Crippen LogP) is 4.94. The van der Waals surface area contributed by atoms with Crippen LogP contribution in [0, 0.1) is 19.7 Å². The summed E-state index contributed by atoms with van der Waals surface area (Å²) in [6.45, 7) is 4.25. The molecule has 6 heteroatoms. The van der Waals surface area contributed by atoms with Gasteiger partial charge in [0.1, 0.15) is 16.4 Å². The Kier molecular flexibility index (Phi) is 4.73. The highest BCUT2D eigenvalue weighted by molar-refractivity contribution is 7.19. The summed E-state index contributed by atoms with van der Waals surface area (Å²) in [5.74, 6) is 0.489. The van der Waals surface area contributed by atoms with Crippen LogP contribution in [0.3, 0.4) is 0 Å². The van der Waals surface area contributed by atoms with Gasteiger partial charge in [0.25, 0.3) is 5.56 Å². The quantitative estimate of drug-likeness (QED) is 0.493. The Bertz CT molecular complexity index is 1240. The molecule has 0 atom stereocenters. The Balaban J connectivity index is 1.87. The highest BCUT2D eigenvalue weighted by Crippen LogP contribution is 2.37. The van der Waals surface area contributed by atoms with Gasteiger partial charge in [-0.15, -0.1) is 11.3 Å². The molecule has 28 heavy (non-hydrogen) atoms. The van der Waals surface area contributed by atoms with Crippen LogP contribution in [-0.4, -0.2) is 16.7 Å². The number of benzene rings is 2. The van der Waals surface area contributed by atoms with Crippen molar-refractivity contribution in [2.45, 2.75) is 20.4 Å². The van der Waals surface area contributed by atoms with Gasteiger partial charge in [-0.05, 0) is 54.8 Å². The van der Waals surface area contributed by atoms with E-state index >= 15 is 0 Å². The highest BCUT2D eigenvalue weighted by Gasteiger charge is 2.18. The van der Waals surface area contributed by atoms with E-state index in [-0.39, 0.29) is 17.9 Å². The summed E-state index contributed by atoms with van der Waals surface area (Å²) in [6, 6.07) is 12.2. The summed E-state index contributed by atoms with van der Waals surface area (Å²) in [7, 11) is 1.64. The molecular formula is C22H19FN2O2S. The number of methoxy groups -OCH3 is 1. The lowest BCUT2D eigenvalue weighted by atomic mass is 10.0. The molecule has 0 saturated heterocycles. The minimum atomic E-state index is -0.319. The van der Waals surface area contributed by atoms with E-state index in [1.807, 2.05) is 32.0 Å². The van der Waals surface area contributed by atoms with E-state index in [0.717, 1.165) is 32.9 Å². The average Bonchev–Trinajstić information content (AvgIpc) is 3.01. The van der Waals surface area contributed by atoms with Crippen molar-refractivity contribution in [2.24, 2.45) is 0 Å². The second kappa shape index (κ2) is 7.20. The number of hydrogen-bond acceptors (Lipinski definition) is 4. The van der Waals surface area contributed by atoms with Crippen molar-refractivity contribution in [3.05, 3.63) is 81.0 Å². The minimum Gasteiger partial charge on any atom is -0.496 e. The van der Waals surface area contributed by atoms with E-state index in [1.165, 1.54) is 34.4 Å². The SMILES string of the molecule is COc1ccc(-c2c(C)sc3ncn(Cc4cccc(F)c4)c(=O)c23)cc1C. The molecule has 4 aromatic rings. The van der Waals surface area contributed by atoms with Crippen LogP contribution in [0.1, 0.15) is 16.0 Å². The summed E-state index contributed by atoms with van der Waals surface area (Å²) in [6.07, 6.45) is 1.54. The van der Waals surface area contributed by atoms with Crippen LogP contribution in [0.5, 0.6) is 5.75 Å². The van der Waals surface area contributed by atoms with Crippen molar-refractivity contribution < 1.29 is 9.13 Å². The molecule has 0 aliphatic carbocycles. The monoisotopic (exact) mass is 394 g/mol. The molecule has 0 amide bonds. The lowest BCUT2D eigenvalue weighted by Crippen LogP contribution is -2.21. The molecule has 0 aliphatic rings. The summed E-state index contributed by atoms with van der Waals surface area (Å²) in [4.78, 5) is 19.5. The van der Waals surface area contributed by atoms with E-state index in [0.29, 0.717) is 10.2 Å². The zero-order valence-corrected chi connectivity index (χ0v) is 16.6. The number of thiophene rings is 1. The number of fused-ring (bicyclic) bond motifs is 1. The lowest BCUT2D eigenvalue weighted by molar-refractivity contribution is 0.412. The minimum absolute atomic E-state index is 0.123. The van der Waals surface area contributed by atoms with Crippen molar-refractivity contribution in [1.29, 1.82) is 0 Å². The Labute approximate surface area is 165 Å². The molecule has 0 aliphatic heterocycles. The number of halogens is 1. The number of ether oxygens (including phenoxy) is 1. The van der Waals surface area contributed by atoms with Gasteiger partial charge < -0.3 is 4.74 Å². The van der Waals surface area contributed by atoms with Crippen LogP contribution in [0.25, 0.3) is 21.3 Å². The molecule has 142 valence electrons. The Morgan fingerprint density at radius 1 is 1.18 bits per heavy atom. The highest BCUT2D eigenvalue weighted by atomic mass is 32.1. The topological polar surface area (TPSA) is 44.1 Å². The number of hydrogen-bond donors (Lipinski definition) is 0. The van der Waals surface area contributed by atoms with Gasteiger partial charge in [0.2, 0.25) is 0 Å². The fourth-order valence-electron chi connectivity index (χ4n) is 3.46. The first kappa shape index (κ1) is 18.4. The zero-order valence-electron chi connectivity index (χ0n) is 15.8. The fourth-order valence-corrected chi connectivity index (χ4v) is 4.47. The molecule has 2 heterocycles. The summed E-state index contributed by atoms with van der Waals surface area (Å²) >= 11 is 1.51. The molecule has 0 radical (unpaired) electrons. The normalized spacial score (nSPS) is 11.1. The van der Waals surface area contributed by atoms with Gasteiger partial charge in [-0.1, -0.05) is 18.2 Å². The van der Waals surface area contributed by atoms with Crippen molar-refractivity contribution in [2.75, 3.05) is 7.11 Å². The third-order valence-corrected chi connectivity index (χ3v) is 5.79. The number of aromatic nitrogens is 2. The zero-order chi connectivity index (χ0) is 19.8. The first-order valence-electron chi connectivity index (χ1n) is 8.86. The molecule has 0 unspecified atom stereocenters. The summed E-state index contributed by atoms with van der Waals surface area (Å²) in [5, 5.41) is 0.603. The molecule has 0 spiro atoms. The summed E-state index contributed by atoms with van der Waals surface area (Å²) in [5.41, 5.74) is 3.46. The molecule has 0 bridgehead atoms. The van der Waals surface area contributed by atoms with Crippen molar-refractivity contribution in [1.82, 2.24) is 9.55 Å². The third kappa shape index (κ3) is 3.20. The van der Waals surface area contributed by atoms with Crippen molar-refractivity contribution in [3.8, 4) is 16.9 Å². The number of aryl methyl sites for hydroxylation is 2. The van der Waals surface area contributed by atoms with Crippen LogP contribution in [0.15, 0.2) is 53.6 Å². The fraction of sp³-hybridized carbons (Fsp3) is 0.182. The molecule has 4 nitrogen and oxygen atoms in total. The van der Waals surface area contributed by atoms with Crippen LogP contribution in [0.2, 0.25) is 0 Å². The molecule has 4 rings (SSSR count).